The summed E-state index contributed by atoms with van der Waals surface area (Å²) in [6.07, 6.45) is 2.93. The molecule has 6 nitrogen and oxygen atoms in total. The zero-order chi connectivity index (χ0) is 16.9. The van der Waals surface area contributed by atoms with Crippen molar-refractivity contribution in [2.75, 3.05) is 18.1 Å². The molecule has 1 aliphatic heterocycles. The Balaban J connectivity index is 1.73. The molecule has 0 saturated carbocycles. The molecule has 1 heterocycles. The number of esters is 1. The minimum Gasteiger partial charge on any atom is -0.452 e. The zero-order valence-electron chi connectivity index (χ0n) is 12.2. The van der Waals surface area contributed by atoms with Gasteiger partial charge in [-0.1, -0.05) is 12.1 Å². The van der Waals surface area contributed by atoms with Crippen molar-refractivity contribution in [1.82, 2.24) is 5.32 Å². The van der Waals surface area contributed by atoms with Crippen LogP contribution in [0.1, 0.15) is 12.0 Å². The Hall–Kier alpha value is -2.22. The average Bonchev–Trinajstić information content (AvgIpc) is 2.83. The van der Waals surface area contributed by atoms with Gasteiger partial charge in [-0.25, -0.2) is 17.6 Å². The molecule has 1 fully saturated rings. The molecule has 1 atom stereocenters. The standard InChI is InChI=1S/C15H16FNO5S/c16-12-4-1-11(2-5-12)3-6-15(19)22-9-14(18)17-13-7-8-23(20,21)10-13/h1-6,13H,7-10H2,(H,17,18)/b6-3+. The van der Waals surface area contributed by atoms with Crippen molar-refractivity contribution in [3.8, 4) is 0 Å². The van der Waals surface area contributed by atoms with Gasteiger partial charge in [-0.3, -0.25) is 4.79 Å². The molecular formula is C15H16FNO5S. The second-order valence-corrected chi connectivity index (χ2v) is 7.39. The lowest BCUT2D eigenvalue weighted by Crippen LogP contribution is -2.38. The predicted molar refractivity (Wildman–Crippen MR) is 81.6 cm³/mol. The lowest BCUT2D eigenvalue weighted by molar-refractivity contribution is -0.143. The number of sulfone groups is 1. The van der Waals surface area contributed by atoms with Gasteiger partial charge in [0, 0.05) is 12.1 Å². The van der Waals surface area contributed by atoms with Crippen molar-refractivity contribution in [3.63, 3.8) is 0 Å². The smallest absolute Gasteiger partial charge is 0.331 e. The lowest BCUT2D eigenvalue weighted by atomic mass is 10.2. The summed E-state index contributed by atoms with van der Waals surface area (Å²) < 4.78 is 40.0. The molecule has 0 bridgehead atoms. The van der Waals surface area contributed by atoms with E-state index in [1.807, 2.05) is 0 Å². The summed E-state index contributed by atoms with van der Waals surface area (Å²) in [6, 6.07) is 5.07. The van der Waals surface area contributed by atoms with Crippen LogP contribution in [0.3, 0.4) is 0 Å². The van der Waals surface area contributed by atoms with Gasteiger partial charge in [-0.05, 0) is 30.2 Å². The van der Waals surface area contributed by atoms with Crippen molar-refractivity contribution >= 4 is 27.8 Å². The maximum Gasteiger partial charge on any atom is 0.331 e. The highest BCUT2D eigenvalue weighted by Crippen LogP contribution is 2.11. The number of carbonyl (C=O) groups excluding carboxylic acids is 2. The molecule has 0 radical (unpaired) electrons. The maximum atomic E-state index is 12.7. The molecule has 1 unspecified atom stereocenters. The molecule has 1 aromatic rings. The highest BCUT2D eigenvalue weighted by Gasteiger charge is 2.28. The summed E-state index contributed by atoms with van der Waals surface area (Å²) in [4.78, 5) is 23.0. The highest BCUT2D eigenvalue weighted by molar-refractivity contribution is 7.91. The fraction of sp³-hybridized carbons (Fsp3) is 0.333. The summed E-state index contributed by atoms with van der Waals surface area (Å²) in [5.41, 5.74) is 0.615. The van der Waals surface area contributed by atoms with E-state index in [1.54, 1.807) is 0 Å². The monoisotopic (exact) mass is 341 g/mol. The third-order valence-electron chi connectivity index (χ3n) is 3.22. The molecule has 0 aliphatic carbocycles. The first-order valence-electron chi connectivity index (χ1n) is 6.94. The van der Waals surface area contributed by atoms with Crippen LogP contribution in [0.2, 0.25) is 0 Å². The van der Waals surface area contributed by atoms with Gasteiger partial charge in [-0.2, -0.15) is 0 Å². The van der Waals surface area contributed by atoms with E-state index < -0.39 is 34.4 Å². The Morgan fingerprint density at radius 2 is 2.00 bits per heavy atom. The molecule has 23 heavy (non-hydrogen) atoms. The molecule has 1 aliphatic rings. The topological polar surface area (TPSA) is 89.5 Å². The van der Waals surface area contributed by atoms with Crippen molar-refractivity contribution in [3.05, 3.63) is 41.7 Å². The molecule has 1 saturated heterocycles. The van der Waals surface area contributed by atoms with Crippen LogP contribution in [-0.2, 0) is 24.2 Å². The Morgan fingerprint density at radius 1 is 1.30 bits per heavy atom. The zero-order valence-corrected chi connectivity index (χ0v) is 13.0. The maximum absolute atomic E-state index is 12.7. The van der Waals surface area contributed by atoms with E-state index >= 15 is 0 Å². The summed E-state index contributed by atoms with van der Waals surface area (Å²) in [5.74, 6) is -1.68. The van der Waals surface area contributed by atoms with Gasteiger partial charge in [0.15, 0.2) is 16.4 Å². The third-order valence-corrected chi connectivity index (χ3v) is 4.99. The molecule has 1 aromatic carbocycles. The summed E-state index contributed by atoms with van der Waals surface area (Å²) in [7, 11) is -3.08. The van der Waals surface area contributed by atoms with Crippen LogP contribution in [0, 0.1) is 5.82 Å². The second-order valence-electron chi connectivity index (χ2n) is 5.16. The van der Waals surface area contributed by atoms with Crippen molar-refractivity contribution in [2.24, 2.45) is 0 Å². The molecule has 2 rings (SSSR count). The van der Waals surface area contributed by atoms with Crippen LogP contribution < -0.4 is 5.32 Å². The number of ether oxygens (including phenoxy) is 1. The van der Waals surface area contributed by atoms with Gasteiger partial charge in [0.05, 0.1) is 11.5 Å². The number of rotatable bonds is 5. The first kappa shape index (κ1) is 17.1. The van der Waals surface area contributed by atoms with Gasteiger partial charge < -0.3 is 10.1 Å². The fourth-order valence-electron chi connectivity index (χ4n) is 2.10. The Bertz CT molecular complexity index is 712. The van der Waals surface area contributed by atoms with Gasteiger partial charge in [0.1, 0.15) is 5.82 Å². The van der Waals surface area contributed by atoms with E-state index in [9.17, 15) is 22.4 Å². The van der Waals surface area contributed by atoms with Crippen molar-refractivity contribution in [1.29, 1.82) is 0 Å². The largest absolute Gasteiger partial charge is 0.452 e. The van der Waals surface area contributed by atoms with E-state index in [0.29, 0.717) is 12.0 Å². The molecular weight excluding hydrogens is 325 g/mol. The molecule has 1 amide bonds. The molecule has 1 N–H and O–H groups in total. The highest BCUT2D eigenvalue weighted by atomic mass is 32.2. The number of halogens is 1. The number of carbonyl (C=O) groups is 2. The first-order chi connectivity index (χ1) is 10.8. The fourth-order valence-corrected chi connectivity index (χ4v) is 3.77. The molecule has 124 valence electrons. The number of nitrogens with one attached hydrogen (secondary N) is 1. The molecule has 0 aromatic heterocycles. The summed E-state index contributed by atoms with van der Waals surface area (Å²) in [6.45, 7) is -0.483. The van der Waals surface area contributed by atoms with E-state index in [1.165, 1.54) is 30.3 Å². The quantitative estimate of drug-likeness (QED) is 0.628. The summed E-state index contributed by atoms with van der Waals surface area (Å²) >= 11 is 0. The third kappa shape index (κ3) is 5.82. The number of benzene rings is 1. The Kier molecular flexibility index (Phi) is 5.49. The molecule has 0 spiro atoms. The van der Waals surface area contributed by atoms with Crippen LogP contribution in [0.15, 0.2) is 30.3 Å². The number of hydrogen-bond acceptors (Lipinski definition) is 5. The average molecular weight is 341 g/mol. The van der Waals surface area contributed by atoms with E-state index in [4.69, 9.17) is 4.74 Å². The number of hydrogen-bond donors (Lipinski definition) is 1. The number of amides is 1. The van der Waals surface area contributed by atoms with Crippen molar-refractivity contribution in [2.45, 2.75) is 12.5 Å². The molecule has 8 heteroatoms. The first-order valence-corrected chi connectivity index (χ1v) is 8.76. The normalized spacial score (nSPS) is 19.6. The van der Waals surface area contributed by atoms with Crippen LogP contribution in [0.4, 0.5) is 4.39 Å². The van der Waals surface area contributed by atoms with Crippen LogP contribution in [0.25, 0.3) is 6.08 Å². The predicted octanol–water partition coefficient (Wildman–Crippen LogP) is 0.685. The SMILES string of the molecule is O=C(COC(=O)/C=C/c1ccc(F)cc1)NC1CCS(=O)(=O)C1. The van der Waals surface area contributed by atoms with Gasteiger partial charge in [-0.15, -0.1) is 0 Å². The van der Waals surface area contributed by atoms with E-state index in [2.05, 4.69) is 5.32 Å². The van der Waals surface area contributed by atoms with Gasteiger partial charge in [0.25, 0.3) is 5.91 Å². The van der Waals surface area contributed by atoms with Gasteiger partial charge >= 0.3 is 5.97 Å². The lowest BCUT2D eigenvalue weighted by Gasteiger charge is -2.10. The second kappa shape index (κ2) is 7.36. The minimum absolute atomic E-state index is 0.0537. The Morgan fingerprint density at radius 3 is 2.61 bits per heavy atom. The van der Waals surface area contributed by atoms with E-state index in [-0.39, 0.29) is 17.3 Å². The van der Waals surface area contributed by atoms with Crippen molar-refractivity contribution < 1.29 is 27.1 Å². The van der Waals surface area contributed by atoms with Gasteiger partial charge in [0.2, 0.25) is 0 Å². The Labute approximate surface area is 133 Å². The summed E-state index contributed by atoms with van der Waals surface area (Å²) in [5, 5.41) is 2.51. The van der Waals surface area contributed by atoms with Crippen LogP contribution >= 0.6 is 0 Å². The van der Waals surface area contributed by atoms with Crippen LogP contribution in [0.5, 0.6) is 0 Å². The van der Waals surface area contributed by atoms with Crippen LogP contribution in [-0.4, -0.2) is 44.4 Å². The van der Waals surface area contributed by atoms with E-state index in [0.717, 1.165) is 6.08 Å². The minimum atomic E-state index is -3.08.